The van der Waals surface area contributed by atoms with Gasteiger partial charge in [-0.2, -0.15) is 0 Å². The molecule has 0 aromatic heterocycles. The summed E-state index contributed by atoms with van der Waals surface area (Å²) in [7, 11) is 0. The quantitative estimate of drug-likeness (QED) is 0.166. The number of carbonyl (C=O) groups is 4. The highest BCUT2D eigenvalue weighted by Gasteiger charge is 2.70. The van der Waals surface area contributed by atoms with Gasteiger partial charge in [0.1, 0.15) is 5.75 Å². The summed E-state index contributed by atoms with van der Waals surface area (Å²) in [6.07, 6.45) is 4.15. The molecular formula is C45H42ClN3O5. The maximum atomic E-state index is 15.4. The standard InChI is InChI=1S/C45H42ClN3O5/c1-27-23-29(15-18-38(27)50)40-34-16-17-35-39(43(53)48(41(35)51)32-19-21-47(22-20-32)26-28-9-4-2-5-10-28)36(34)25-37-42(52)49(33-14-8-13-31(46)24-33)44(54)45(37,40)30-11-6-3-7-12-30/h2-16,18,23-24,32,35-37,39-40,50H,17,19-22,25-26H2,1H3. The Kier molecular flexibility index (Phi) is 8.58. The molecular weight excluding hydrogens is 698 g/mol. The lowest BCUT2D eigenvalue weighted by Crippen LogP contribution is -2.53. The first kappa shape index (κ1) is 34.7. The molecule has 4 amide bonds. The Morgan fingerprint density at radius 2 is 1.52 bits per heavy atom. The number of aryl methyl sites for hydroxylation is 1. The summed E-state index contributed by atoms with van der Waals surface area (Å²) in [6, 6.07) is 31.8. The third-order valence-corrected chi connectivity index (χ3v) is 13.2. The number of rotatable bonds is 6. The number of allylic oxidation sites excluding steroid dienone is 2. The topological polar surface area (TPSA) is 98.2 Å². The fraction of sp³-hybridized carbons (Fsp3) is 0.333. The number of piperidine rings is 1. The molecule has 5 aliphatic rings. The van der Waals surface area contributed by atoms with E-state index in [1.807, 2.05) is 67.6 Å². The molecule has 0 bridgehead atoms. The minimum absolute atomic E-state index is 0.117. The van der Waals surface area contributed by atoms with Crippen LogP contribution < -0.4 is 4.90 Å². The number of anilines is 1. The van der Waals surface area contributed by atoms with Gasteiger partial charge in [-0.1, -0.05) is 102 Å². The molecule has 3 saturated heterocycles. The second kappa shape index (κ2) is 13.4. The zero-order valence-electron chi connectivity index (χ0n) is 30.1. The first-order chi connectivity index (χ1) is 26.2. The number of hydrogen-bond donors (Lipinski definition) is 1. The van der Waals surface area contributed by atoms with E-state index >= 15 is 4.79 Å². The summed E-state index contributed by atoms with van der Waals surface area (Å²) < 4.78 is 0. The van der Waals surface area contributed by atoms with Crippen LogP contribution in [0.3, 0.4) is 0 Å². The molecule has 8 nitrogen and oxygen atoms in total. The van der Waals surface area contributed by atoms with Crippen molar-refractivity contribution in [3.8, 4) is 5.75 Å². The van der Waals surface area contributed by atoms with E-state index in [4.69, 9.17) is 11.6 Å². The van der Waals surface area contributed by atoms with Gasteiger partial charge in [-0.3, -0.25) is 29.0 Å². The summed E-state index contributed by atoms with van der Waals surface area (Å²) in [5, 5.41) is 11.0. The van der Waals surface area contributed by atoms with E-state index in [9.17, 15) is 19.5 Å². The molecule has 6 unspecified atom stereocenters. The van der Waals surface area contributed by atoms with Gasteiger partial charge >= 0.3 is 0 Å². The highest BCUT2D eigenvalue weighted by molar-refractivity contribution is 6.32. The van der Waals surface area contributed by atoms with Gasteiger partial charge in [0.2, 0.25) is 23.6 Å². The summed E-state index contributed by atoms with van der Waals surface area (Å²) in [4.78, 5) is 64.7. The smallest absolute Gasteiger partial charge is 0.246 e. The fourth-order valence-electron chi connectivity index (χ4n) is 10.5. The third-order valence-electron chi connectivity index (χ3n) is 12.9. The highest BCUT2D eigenvalue weighted by Crippen LogP contribution is 2.64. The molecule has 274 valence electrons. The Bertz CT molecular complexity index is 2200. The normalized spacial score (nSPS) is 28.6. The van der Waals surface area contributed by atoms with Gasteiger partial charge in [0, 0.05) is 36.6 Å². The van der Waals surface area contributed by atoms with Crippen molar-refractivity contribution in [1.82, 2.24) is 9.80 Å². The number of aromatic hydroxyl groups is 1. The summed E-state index contributed by atoms with van der Waals surface area (Å²) in [5.74, 6) is -3.87. The van der Waals surface area contributed by atoms with Crippen LogP contribution in [0.25, 0.3) is 0 Å². The van der Waals surface area contributed by atoms with Crippen LogP contribution in [0.15, 0.2) is 115 Å². The van der Waals surface area contributed by atoms with Crippen LogP contribution in [0.4, 0.5) is 5.69 Å². The molecule has 9 heteroatoms. The van der Waals surface area contributed by atoms with Crippen LogP contribution in [0, 0.1) is 30.6 Å². The maximum Gasteiger partial charge on any atom is 0.246 e. The minimum atomic E-state index is -1.35. The molecule has 0 radical (unpaired) electrons. The number of hydrogen-bond acceptors (Lipinski definition) is 6. The van der Waals surface area contributed by atoms with Crippen LogP contribution in [0.5, 0.6) is 5.75 Å². The Labute approximate surface area is 320 Å². The third kappa shape index (κ3) is 5.29. The van der Waals surface area contributed by atoms with Crippen molar-refractivity contribution in [2.24, 2.45) is 23.7 Å². The SMILES string of the molecule is Cc1cc(C2C3=CCC4C(=O)N(C5CCN(Cc6ccccc6)CC5)C(=O)C4C3CC3C(=O)N(c4cccc(Cl)c4)C(=O)C32c2ccccc2)ccc1O. The van der Waals surface area contributed by atoms with E-state index in [0.29, 0.717) is 41.1 Å². The number of likely N-dealkylation sites (tertiary alicyclic amines) is 2. The van der Waals surface area contributed by atoms with Crippen molar-refractivity contribution in [2.45, 2.75) is 56.5 Å². The van der Waals surface area contributed by atoms with E-state index < -0.39 is 35.0 Å². The zero-order chi connectivity index (χ0) is 37.3. The second-order valence-corrected chi connectivity index (χ2v) is 16.1. The average molecular weight is 740 g/mol. The van der Waals surface area contributed by atoms with Gasteiger partial charge in [-0.15, -0.1) is 0 Å². The van der Waals surface area contributed by atoms with Crippen molar-refractivity contribution in [3.63, 3.8) is 0 Å². The maximum absolute atomic E-state index is 15.4. The molecule has 9 rings (SSSR count). The van der Waals surface area contributed by atoms with Crippen LogP contribution in [0.1, 0.15) is 53.9 Å². The monoisotopic (exact) mass is 739 g/mol. The number of imide groups is 2. The molecule has 1 saturated carbocycles. The molecule has 4 aromatic rings. The Morgan fingerprint density at radius 1 is 0.796 bits per heavy atom. The molecule has 2 aliphatic carbocycles. The van der Waals surface area contributed by atoms with E-state index in [2.05, 4.69) is 23.1 Å². The highest BCUT2D eigenvalue weighted by atomic mass is 35.5. The van der Waals surface area contributed by atoms with E-state index in [1.54, 1.807) is 35.2 Å². The Morgan fingerprint density at radius 3 is 2.22 bits per heavy atom. The fourth-order valence-corrected chi connectivity index (χ4v) is 10.7. The number of carbonyl (C=O) groups excluding carboxylic acids is 4. The van der Waals surface area contributed by atoms with E-state index in [-0.39, 0.29) is 41.8 Å². The summed E-state index contributed by atoms with van der Waals surface area (Å²) >= 11 is 6.43. The lowest BCUT2D eigenvalue weighted by atomic mass is 9.49. The van der Waals surface area contributed by atoms with Gasteiger partial charge < -0.3 is 5.11 Å². The number of phenols is 1. The lowest BCUT2D eigenvalue weighted by molar-refractivity contribution is -0.144. The Hall–Kier alpha value is -5.05. The average Bonchev–Trinajstić information content (AvgIpc) is 3.57. The zero-order valence-corrected chi connectivity index (χ0v) is 30.9. The van der Waals surface area contributed by atoms with E-state index in [0.717, 1.165) is 30.8 Å². The minimum Gasteiger partial charge on any atom is -0.508 e. The number of halogens is 1. The van der Waals surface area contributed by atoms with Gasteiger partial charge in [-0.05, 0) is 85.0 Å². The largest absolute Gasteiger partial charge is 0.508 e. The molecule has 0 spiro atoms. The lowest BCUT2D eigenvalue weighted by Gasteiger charge is -2.50. The first-order valence-electron chi connectivity index (χ1n) is 19.0. The van der Waals surface area contributed by atoms with E-state index in [1.165, 1.54) is 10.5 Å². The van der Waals surface area contributed by atoms with Crippen molar-refractivity contribution in [3.05, 3.63) is 142 Å². The van der Waals surface area contributed by atoms with Gasteiger partial charge in [0.15, 0.2) is 0 Å². The van der Waals surface area contributed by atoms with Gasteiger partial charge in [-0.25, -0.2) is 4.90 Å². The number of amides is 4. The molecule has 6 atom stereocenters. The molecule has 4 fully saturated rings. The van der Waals surface area contributed by atoms with Crippen molar-refractivity contribution in [1.29, 1.82) is 0 Å². The molecule has 54 heavy (non-hydrogen) atoms. The number of nitrogens with zero attached hydrogens (tertiary/aromatic N) is 3. The van der Waals surface area contributed by atoms with Gasteiger partial charge in [0.25, 0.3) is 0 Å². The van der Waals surface area contributed by atoms with Crippen LogP contribution in [0.2, 0.25) is 5.02 Å². The predicted octanol–water partition coefficient (Wildman–Crippen LogP) is 7.18. The molecule has 3 aliphatic heterocycles. The number of fused-ring (bicyclic) bond motifs is 4. The first-order valence-corrected chi connectivity index (χ1v) is 19.4. The van der Waals surface area contributed by atoms with Crippen LogP contribution >= 0.6 is 11.6 Å². The van der Waals surface area contributed by atoms with Crippen molar-refractivity contribution in [2.75, 3.05) is 18.0 Å². The predicted molar refractivity (Wildman–Crippen MR) is 206 cm³/mol. The van der Waals surface area contributed by atoms with Crippen LogP contribution in [-0.2, 0) is 31.1 Å². The van der Waals surface area contributed by atoms with Crippen molar-refractivity contribution < 1.29 is 24.3 Å². The van der Waals surface area contributed by atoms with Crippen LogP contribution in [-0.4, -0.2) is 57.7 Å². The second-order valence-electron chi connectivity index (χ2n) is 15.7. The molecule has 1 N–H and O–H groups in total. The number of benzene rings is 4. The number of phenolic OH excluding ortho intramolecular Hbond substituents is 1. The van der Waals surface area contributed by atoms with Crippen molar-refractivity contribution >= 4 is 40.9 Å². The Balaban J connectivity index is 1.12. The summed E-state index contributed by atoms with van der Waals surface area (Å²) in [5.41, 5.74) is 3.34. The molecule has 3 heterocycles. The molecule has 4 aromatic carbocycles. The summed E-state index contributed by atoms with van der Waals surface area (Å²) in [6.45, 7) is 4.23. The van der Waals surface area contributed by atoms with Gasteiger partial charge in [0.05, 0.1) is 28.9 Å².